The molecule has 0 saturated heterocycles. The summed E-state index contributed by atoms with van der Waals surface area (Å²) in [6.45, 7) is 0.826. The molecule has 0 atom stereocenters. The molecule has 0 bridgehead atoms. The lowest BCUT2D eigenvalue weighted by molar-refractivity contribution is 0.0929. The van der Waals surface area contributed by atoms with Gasteiger partial charge in [0.2, 0.25) is 0 Å². The van der Waals surface area contributed by atoms with Crippen molar-refractivity contribution in [3.05, 3.63) is 59.4 Å². The van der Waals surface area contributed by atoms with Gasteiger partial charge in [0.1, 0.15) is 17.2 Å². The van der Waals surface area contributed by atoms with Crippen LogP contribution in [0.15, 0.2) is 47.8 Å². The van der Waals surface area contributed by atoms with Crippen LogP contribution < -0.4 is 5.32 Å². The van der Waals surface area contributed by atoms with Crippen LogP contribution in [-0.2, 0) is 4.74 Å². The van der Waals surface area contributed by atoms with E-state index in [4.69, 9.17) is 4.74 Å². The Morgan fingerprint density at radius 1 is 1.33 bits per heavy atom. The minimum Gasteiger partial charge on any atom is -0.383 e. The fourth-order valence-electron chi connectivity index (χ4n) is 2.22. The van der Waals surface area contributed by atoms with Crippen molar-refractivity contribution in [1.29, 1.82) is 0 Å². The van der Waals surface area contributed by atoms with E-state index in [1.54, 1.807) is 36.6 Å². The van der Waals surface area contributed by atoms with Crippen LogP contribution in [0.3, 0.4) is 0 Å². The van der Waals surface area contributed by atoms with Crippen molar-refractivity contribution in [3.63, 3.8) is 0 Å². The average molecular weight is 345 g/mol. The summed E-state index contributed by atoms with van der Waals surface area (Å²) in [7, 11) is 1.57. The number of aromatic nitrogens is 2. The van der Waals surface area contributed by atoms with Gasteiger partial charge < -0.3 is 10.1 Å². The maximum atomic E-state index is 13.2. The molecule has 0 aliphatic carbocycles. The van der Waals surface area contributed by atoms with Crippen LogP contribution in [-0.4, -0.2) is 35.9 Å². The van der Waals surface area contributed by atoms with E-state index < -0.39 is 0 Å². The maximum Gasteiger partial charge on any atom is 0.270 e. The van der Waals surface area contributed by atoms with E-state index in [1.807, 2.05) is 17.5 Å². The van der Waals surface area contributed by atoms with Crippen molar-refractivity contribution in [2.45, 2.75) is 0 Å². The van der Waals surface area contributed by atoms with E-state index in [9.17, 15) is 9.18 Å². The third kappa shape index (κ3) is 3.52. The molecule has 24 heavy (non-hydrogen) atoms. The molecule has 2 heterocycles. The second kappa shape index (κ2) is 7.37. The second-order valence-electron chi connectivity index (χ2n) is 5.03. The summed E-state index contributed by atoms with van der Waals surface area (Å²) in [6, 6.07) is 11.5. The first-order valence-electron chi connectivity index (χ1n) is 7.36. The molecule has 0 unspecified atom stereocenters. The normalized spacial score (nSPS) is 10.8. The summed E-state index contributed by atoms with van der Waals surface area (Å²) in [4.78, 5) is 13.4. The number of hydrogen-bond acceptors (Lipinski definition) is 4. The van der Waals surface area contributed by atoms with Gasteiger partial charge in [0.05, 0.1) is 17.2 Å². The smallest absolute Gasteiger partial charge is 0.270 e. The Morgan fingerprint density at radius 2 is 2.12 bits per heavy atom. The van der Waals surface area contributed by atoms with Crippen LogP contribution in [0.4, 0.5) is 4.39 Å². The van der Waals surface area contributed by atoms with Crippen LogP contribution >= 0.6 is 11.3 Å². The molecule has 1 aromatic carbocycles. The number of carbonyl (C=O) groups is 1. The van der Waals surface area contributed by atoms with Gasteiger partial charge in [-0.1, -0.05) is 6.07 Å². The molecule has 0 aliphatic heterocycles. The Morgan fingerprint density at radius 3 is 2.79 bits per heavy atom. The van der Waals surface area contributed by atoms with Crippen LogP contribution in [0.1, 0.15) is 10.5 Å². The first-order chi connectivity index (χ1) is 11.7. The van der Waals surface area contributed by atoms with Gasteiger partial charge >= 0.3 is 0 Å². The van der Waals surface area contributed by atoms with Gasteiger partial charge in [0.25, 0.3) is 5.91 Å². The van der Waals surface area contributed by atoms with Crippen LogP contribution in [0.5, 0.6) is 0 Å². The van der Waals surface area contributed by atoms with Crippen molar-refractivity contribution in [2.24, 2.45) is 0 Å². The lowest BCUT2D eigenvalue weighted by atomic mass is 10.2. The highest BCUT2D eigenvalue weighted by atomic mass is 32.1. The van der Waals surface area contributed by atoms with Crippen LogP contribution in [0.2, 0.25) is 0 Å². The molecule has 124 valence electrons. The predicted molar refractivity (Wildman–Crippen MR) is 91.0 cm³/mol. The zero-order chi connectivity index (χ0) is 16.9. The van der Waals surface area contributed by atoms with E-state index in [2.05, 4.69) is 10.4 Å². The number of thiophene rings is 1. The number of benzene rings is 1. The Labute approximate surface area is 142 Å². The first-order valence-corrected chi connectivity index (χ1v) is 8.24. The van der Waals surface area contributed by atoms with E-state index in [0.717, 1.165) is 4.88 Å². The highest BCUT2D eigenvalue weighted by Crippen LogP contribution is 2.25. The van der Waals surface area contributed by atoms with Crippen molar-refractivity contribution < 1.29 is 13.9 Å². The topological polar surface area (TPSA) is 56.1 Å². The van der Waals surface area contributed by atoms with Crippen LogP contribution in [0, 0.1) is 5.82 Å². The average Bonchev–Trinajstić information content (AvgIpc) is 3.25. The molecule has 0 aliphatic rings. The van der Waals surface area contributed by atoms with E-state index in [-0.39, 0.29) is 11.7 Å². The molecule has 0 spiro atoms. The molecule has 2 aromatic heterocycles. The summed E-state index contributed by atoms with van der Waals surface area (Å²) >= 11 is 1.54. The molecule has 0 radical (unpaired) electrons. The van der Waals surface area contributed by atoms with Crippen molar-refractivity contribution in [3.8, 4) is 16.3 Å². The van der Waals surface area contributed by atoms with Crippen molar-refractivity contribution in [2.75, 3.05) is 20.3 Å². The maximum absolute atomic E-state index is 13.2. The number of ether oxygens (including phenoxy) is 1. The lowest BCUT2D eigenvalue weighted by Crippen LogP contribution is -2.28. The highest BCUT2D eigenvalue weighted by molar-refractivity contribution is 7.13. The fourth-order valence-corrected chi connectivity index (χ4v) is 2.91. The largest absolute Gasteiger partial charge is 0.383 e. The summed E-state index contributed by atoms with van der Waals surface area (Å²) in [5, 5.41) is 9.25. The van der Waals surface area contributed by atoms with Crippen LogP contribution in [0.25, 0.3) is 16.3 Å². The monoisotopic (exact) mass is 345 g/mol. The lowest BCUT2D eigenvalue weighted by Gasteiger charge is -2.08. The van der Waals surface area contributed by atoms with E-state index >= 15 is 0 Å². The molecular weight excluding hydrogens is 329 g/mol. The number of amides is 1. The third-order valence-electron chi connectivity index (χ3n) is 3.38. The summed E-state index contributed by atoms with van der Waals surface area (Å²) in [5.74, 6) is -0.595. The Balaban J connectivity index is 1.98. The molecule has 5 nitrogen and oxygen atoms in total. The molecule has 1 N–H and O–H groups in total. The number of rotatable bonds is 6. The zero-order valence-electron chi connectivity index (χ0n) is 13.0. The van der Waals surface area contributed by atoms with Gasteiger partial charge in [-0.25, -0.2) is 9.07 Å². The Hall–Kier alpha value is -2.51. The van der Waals surface area contributed by atoms with E-state index in [1.165, 1.54) is 16.8 Å². The minimum absolute atomic E-state index is 0.258. The fraction of sp³-hybridized carbons (Fsp3) is 0.176. The first kappa shape index (κ1) is 16.4. The number of nitrogens with zero attached hydrogens (tertiary/aromatic N) is 2. The predicted octanol–water partition coefficient (Wildman–Crippen LogP) is 3.12. The van der Waals surface area contributed by atoms with Gasteiger partial charge in [-0.05, 0) is 41.8 Å². The highest BCUT2D eigenvalue weighted by Gasteiger charge is 2.17. The summed E-state index contributed by atoms with van der Waals surface area (Å²) < 4.78 is 19.6. The number of hydrogen-bond donors (Lipinski definition) is 1. The molecule has 3 aromatic rings. The molecular formula is C17H16FN3O2S. The molecule has 0 fully saturated rings. The quantitative estimate of drug-likeness (QED) is 0.699. The Kier molecular flexibility index (Phi) is 5.02. The number of carbonyl (C=O) groups excluding carboxylic acids is 1. The van der Waals surface area contributed by atoms with Gasteiger partial charge in [-0.15, -0.1) is 11.3 Å². The summed E-state index contributed by atoms with van der Waals surface area (Å²) in [6.07, 6.45) is 0. The standard InChI is InChI=1S/C17H16FN3O2S/c1-23-9-8-19-17(22)15-11-14(16-3-2-10-24-16)20-21(15)13-6-4-12(18)5-7-13/h2-7,10-11H,8-9H2,1H3,(H,19,22). The van der Waals surface area contributed by atoms with Crippen molar-refractivity contribution in [1.82, 2.24) is 15.1 Å². The number of nitrogens with one attached hydrogen (secondary N) is 1. The van der Waals surface area contributed by atoms with Crippen molar-refractivity contribution >= 4 is 17.2 Å². The second-order valence-corrected chi connectivity index (χ2v) is 5.98. The third-order valence-corrected chi connectivity index (χ3v) is 4.27. The number of halogens is 1. The summed E-state index contributed by atoms with van der Waals surface area (Å²) in [5.41, 5.74) is 1.71. The molecule has 1 amide bonds. The molecule has 7 heteroatoms. The minimum atomic E-state index is -0.338. The van der Waals surface area contributed by atoms with Gasteiger partial charge in [0, 0.05) is 13.7 Å². The van der Waals surface area contributed by atoms with Gasteiger partial charge in [0.15, 0.2) is 0 Å². The van der Waals surface area contributed by atoms with Gasteiger partial charge in [-0.3, -0.25) is 4.79 Å². The molecule has 0 saturated carbocycles. The molecule has 3 rings (SSSR count). The van der Waals surface area contributed by atoms with Gasteiger partial charge in [-0.2, -0.15) is 5.10 Å². The Bertz CT molecular complexity index is 813. The van der Waals surface area contributed by atoms with E-state index in [0.29, 0.717) is 30.2 Å². The zero-order valence-corrected chi connectivity index (χ0v) is 13.8. The number of methoxy groups -OCH3 is 1. The SMILES string of the molecule is COCCNC(=O)c1cc(-c2cccs2)nn1-c1ccc(F)cc1.